The van der Waals surface area contributed by atoms with Gasteiger partial charge in [0.1, 0.15) is 5.60 Å². The molecule has 2 heteroatoms. The quantitative estimate of drug-likeness (QED) is 0.459. The zero-order valence-corrected chi connectivity index (χ0v) is 5.89. The highest BCUT2D eigenvalue weighted by atomic mass is 17.2. The molecule has 9 heavy (non-hydrogen) atoms. The van der Waals surface area contributed by atoms with Crippen LogP contribution in [0.5, 0.6) is 0 Å². The molecule has 0 spiro atoms. The van der Waals surface area contributed by atoms with Crippen molar-refractivity contribution >= 4 is 0 Å². The largest absolute Gasteiger partial charge is 0.341 e. The van der Waals surface area contributed by atoms with Gasteiger partial charge in [-0.25, -0.2) is 0 Å². The number of hydrogen-bond acceptors (Lipinski definition) is 2. The van der Waals surface area contributed by atoms with Crippen molar-refractivity contribution in [2.45, 2.75) is 26.4 Å². The summed E-state index contributed by atoms with van der Waals surface area (Å²) in [6.45, 7) is 6.27. The van der Waals surface area contributed by atoms with Crippen LogP contribution in [-0.4, -0.2) is 5.60 Å². The monoisotopic (exact) mass is 126 g/mol. The Labute approximate surface area is 54.4 Å². The molecule has 1 atom stereocenters. The Morgan fingerprint density at radius 3 is 2.11 bits per heavy atom. The fourth-order valence-corrected chi connectivity index (χ4v) is 1.17. The summed E-state index contributed by atoms with van der Waals surface area (Å²) < 4.78 is 0. The summed E-state index contributed by atoms with van der Waals surface area (Å²) in [5.74, 6) is 0.977. The highest BCUT2D eigenvalue weighted by Gasteiger charge is 2.61. The molecule has 50 valence electrons. The topological polar surface area (TPSA) is 18.5 Å². The van der Waals surface area contributed by atoms with Gasteiger partial charge in [-0.2, -0.15) is 4.89 Å². The van der Waals surface area contributed by atoms with Gasteiger partial charge in [0.2, 0.25) is 0 Å². The zero-order chi connectivity index (χ0) is 6.70. The molecule has 1 saturated heterocycles. The smallest absolute Gasteiger partial charge is 0.150 e. The minimum absolute atomic E-state index is 0.104. The molecule has 0 N–H and O–H groups in total. The van der Waals surface area contributed by atoms with Gasteiger partial charge in [-0.1, -0.05) is 0 Å². The van der Waals surface area contributed by atoms with Crippen LogP contribution in [0.2, 0.25) is 0 Å². The Hall–Kier alpha value is -0.500. The maximum atomic E-state index is 5.04. The van der Waals surface area contributed by atoms with Crippen LogP contribution in [0, 0.1) is 5.41 Å². The van der Waals surface area contributed by atoms with E-state index >= 15 is 0 Å². The first-order chi connectivity index (χ1) is 4.06. The third-order valence-electron chi connectivity index (χ3n) is 2.57. The molecule has 1 fully saturated rings. The molecule has 3 rings (SSSR count). The first-order valence-corrected chi connectivity index (χ1v) is 3.15. The minimum atomic E-state index is -0.150. The summed E-state index contributed by atoms with van der Waals surface area (Å²) in [5.41, 5.74) is -0.0463. The third kappa shape index (κ3) is 0.349. The molecule has 1 aliphatic carbocycles. The van der Waals surface area contributed by atoms with Crippen LogP contribution < -0.4 is 0 Å². The molecule has 0 radical (unpaired) electrons. The number of hydrogen-bond donors (Lipinski definition) is 0. The van der Waals surface area contributed by atoms with Gasteiger partial charge >= 0.3 is 0 Å². The van der Waals surface area contributed by atoms with Crippen LogP contribution >= 0.6 is 0 Å². The molecule has 0 saturated carbocycles. The van der Waals surface area contributed by atoms with Gasteiger partial charge in [-0.3, -0.25) is 0 Å². The highest BCUT2D eigenvalue weighted by molar-refractivity contribution is 5.33. The van der Waals surface area contributed by atoms with Crippen LogP contribution in [0.25, 0.3) is 0 Å². The predicted octanol–water partition coefficient (Wildman–Crippen LogP) is 1.63. The van der Waals surface area contributed by atoms with Crippen LogP contribution in [0.1, 0.15) is 20.8 Å². The molecule has 0 aromatic heterocycles. The maximum Gasteiger partial charge on any atom is 0.150 e. The van der Waals surface area contributed by atoms with E-state index in [9.17, 15) is 0 Å². The Balaban J connectivity index is 2.46. The Kier molecular flexibility index (Phi) is 0.609. The maximum absolute atomic E-state index is 5.04. The Morgan fingerprint density at radius 2 is 2.00 bits per heavy atom. The van der Waals surface area contributed by atoms with E-state index in [0.717, 1.165) is 5.76 Å². The molecule has 0 aromatic carbocycles. The lowest BCUT2D eigenvalue weighted by molar-refractivity contribution is -0.260. The summed E-state index contributed by atoms with van der Waals surface area (Å²) >= 11 is 0. The van der Waals surface area contributed by atoms with Crippen molar-refractivity contribution in [1.82, 2.24) is 0 Å². The van der Waals surface area contributed by atoms with Crippen molar-refractivity contribution in [1.29, 1.82) is 0 Å². The third-order valence-corrected chi connectivity index (χ3v) is 2.57. The van der Waals surface area contributed by atoms with E-state index in [1.54, 1.807) is 0 Å². The molecule has 0 amide bonds. The van der Waals surface area contributed by atoms with E-state index in [1.807, 2.05) is 13.0 Å². The molecule has 2 bridgehead atoms. The van der Waals surface area contributed by atoms with Gasteiger partial charge in [0.15, 0.2) is 5.76 Å². The SMILES string of the molecule is CC12C=C(OO1)C2(C)C. The van der Waals surface area contributed by atoms with Gasteiger partial charge < -0.3 is 4.89 Å². The van der Waals surface area contributed by atoms with Crippen molar-refractivity contribution in [3.05, 3.63) is 11.8 Å². The fraction of sp³-hybridized carbons (Fsp3) is 0.714. The normalized spacial score (nSPS) is 43.2. The molecule has 2 heterocycles. The molecule has 2 nitrogen and oxygen atoms in total. The lowest BCUT2D eigenvalue weighted by Crippen LogP contribution is -2.43. The zero-order valence-electron chi connectivity index (χ0n) is 5.89. The van der Waals surface area contributed by atoms with E-state index in [-0.39, 0.29) is 11.0 Å². The van der Waals surface area contributed by atoms with Crippen LogP contribution in [-0.2, 0) is 9.78 Å². The molecular weight excluding hydrogens is 116 g/mol. The van der Waals surface area contributed by atoms with E-state index in [0.29, 0.717) is 0 Å². The summed E-state index contributed by atoms with van der Waals surface area (Å²) in [5, 5.41) is 0. The second kappa shape index (κ2) is 1.03. The van der Waals surface area contributed by atoms with Crippen molar-refractivity contribution in [3.63, 3.8) is 0 Å². The second-order valence-electron chi connectivity index (χ2n) is 3.41. The van der Waals surface area contributed by atoms with Crippen LogP contribution in [0.4, 0.5) is 0 Å². The van der Waals surface area contributed by atoms with E-state index < -0.39 is 0 Å². The van der Waals surface area contributed by atoms with Crippen molar-refractivity contribution in [3.8, 4) is 0 Å². The van der Waals surface area contributed by atoms with Gasteiger partial charge in [-0.05, 0) is 26.8 Å². The molecule has 0 aromatic rings. The summed E-state index contributed by atoms with van der Waals surface area (Å²) in [4.78, 5) is 9.94. The molecule has 2 aliphatic heterocycles. The standard InChI is InChI=1S/C7H10O2/c1-6(2)5-4-7(6,3)9-8-5/h4H,1-3H3. The van der Waals surface area contributed by atoms with Crippen molar-refractivity contribution in [2.75, 3.05) is 0 Å². The lowest BCUT2D eigenvalue weighted by Gasteiger charge is -2.36. The highest BCUT2D eigenvalue weighted by Crippen LogP contribution is 2.57. The van der Waals surface area contributed by atoms with Crippen LogP contribution in [0.3, 0.4) is 0 Å². The van der Waals surface area contributed by atoms with Gasteiger partial charge in [0.05, 0.1) is 5.41 Å². The predicted molar refractivity (Wildman–Crippen MR) is 32.4 cm³/mol. The molecular formula is C7H10O2. The van der Waals surface area contributed by atoms with Crippen molar-refractivity contribution in [2.24, 2.45) is 5.41 Å². The lowest BCUT2D eigenvalue weighted by atomic mass is 9.66. The fourth-order valence-electron chi connectivity index (χ4n) is 1.17. The molecule has 1 unspecified atom stereocenters. The van der Waals surface area contributed by atoms with Crippen molar-refractivity contribution < 1.29 is 9.78 Å². The van der Waals surface area contributed by atoms with Crippen LogP contribution in [0.15, 0.2) is 11.8 Å². The van der Waals surface area contributed by atoms with Gasteiger partial charge in [0, 0.05) is 0 Å². The first-order valence-electron chi connectivity index (χ1n) is 3.15. The average Bonchev–Trinajstić information content (AvgIpc) is 2.21. The summed E-state index contributed by atoms with van der Waals surface area (Å²) in [6, 6.07) is 0. The number of rotatable bonds is 0. The molecule has 3 aliphatic rings. The Bertz CT molecular complexity index is 190. The Morgan fingerprint density at radius 1 is 1.33 bits per heavy atom. The van der Waals surface area contributed by atoms with E-state index in [4.69, 9.17) is 9.78 Å². The average molecular weight is 126 g/mol. The second-order valence-corrected chi connectivity index (χ2v) is 3.41. The van der Waals surface area contributed by atoms with Gasteiger partial charge in [0.25, 0.3) is 0 Å². The summed E-state index contributed by atoms with van der Waals surface area (Å²) in [7, 11) is 0. The van der Waals surface area contributed by atoms with E-state index in [1.165, 1.54) is 0 Å². The summed E-state index contributed by atoms with van der Waals surface area (Å²) in [6.07, 6.45) is 2.02. The number of fused-ring (bicyclic) bond motifs is 1. The van der Waals surface area contributed by atoms with Gasteiger partial charge in [-0.15, -0.1) is 0 Å². The van der Waals surface area contributed by atoms with E-state index in [2.05, 4.69) is 13.8 Å². The first kappa shape index (κ1) is 5.30. The minimum Gasteiger partial charge on any atom is -0.341 e.